The summed E-state index contributed by atoms with van der Waals surface area (Å²) in [4.78, 5) is 20.1. The van der Waals surface area contributed by atoms with Gasteiger partial charge in [0.05, 0.1) is 0 Å². The molecular formula is C16H15N3O2. The van der Waals surface area contributed by atoms with Crippen molar-refractivity contribution in [3.8, 4) is 11.4 Å². The Morgan fingerprint density at radius 2 is 2.05 bits per heavy atom. The largest absolute Gasteiger partial charge is 0.480 e. The van der Waals surface area contributed by atoms with Crippen molar-refractivity contribution in [1.82, 2.24) is 14.5 Å². The van der Waals surface area contributed by atoms with Crippen molar-refractivity contribution in [1.29, 1.82) is 0 Å². The molecule has 0 saturated carbocycles. The van der Waals surface area contributed by atoms with Gasteiger partial charge in [-0.2, -0.15) is 0 Å². The second-order valence-corrected chi connectivity index (χ2v) is 5.14. The number of carbonyl (C=O) groups is 1. The summed E-state index contributed by atoms with van der Waals surface area (Å²) in [5.74, 6) is -0.278. The molecule has 21 heavy (non-hydrogen) atoms. The average Bonchev–Trinajstić information content (AvgIpc) is 2.76. The minimum Gasteiger partial charge on any atom is -0.480 e. The van der Waals surface area contributed by atoms with Crippen LogP contribution in [0.2, 0.25) is 0 Å². The van der Waals surface area contributed by atoms with E-state index in [1.54, 1.807) is 10.8 Å². The fourth-order valence-corrected chi connectivity index (χ4v) is 2.40. The first-order valence-corrected chi connectivity index (χ1v) is 6.66. The van der Waals surface area contributed by atoms with Gasteiger partial charge in [0.25, 0.3) is 0 Å². The normalized spacial score (nSPS) is 11.0. The highest BCUT2D eigenvalue weighted by Gasteiger charge is 2.16. The summed E-state index contributed by atoms with van der Waals surface area (Å²) in [6.07, 6.45) is 1.72. The van der Waals surface area contributed by atoms with Crippen LogP contribution >= 0.6 is 0 Å². The van der Waals surface area contributed by atoms with E-state index in [0.717, 1.165) is 16.7 Å². The molecule has 0 radical (unpaired) electrons. The number of nitrogens with zero attached hydrogens (tertiary/aromatic N) is 3. The minimum atomic E-state index is -0.912. The van der Waals surface area contributed by atoms with Gasteiger partial charge in [0.1, 0.15) is 17.9 Å². The van der Waals surface area contributed by atoms with Crippen LogP contribution in [0.3, 0.4) is 0 Å². The lowest BCUT2D eigenvalue weighted by Crippen LogP contribution is -2.10. The van der Waals surface area contributed by atoms with Gasteiger partial charge in [-0.3, -0.25) is 9.36 Å². The molecule has 0 aliphatic carbocycles. The number of benzene rings is 1. The van der Waals surface area contributed by atoms with Crippen molar-refractivity contribution in [2.45, 2.75) is 20.4 Å². The smallest absolute Gasteiger partial charge is 0.323 e. The van der Waals surface area contributed by atoms with Gasteiger partial charge in [-0.1, -0.05) is 23.8 Å². The molecule has 5 heteroatoms. The Kier molecular flexibility index (Phi) is 3.17. The quantitative estimate of drug-likeness (QED) is 0.801. The first-order chi connectivity index (χ1) is 10.0. The van der Waals surface area contributed by atoms with Gasteiger partial charge in [0.15, 0.2) is 5.65 Å². The van der Waals surface area contributed by atoms with Crippen LogP contribution < -0.4 is 0 Å². The standard InChI is InChI=1S/C16H15N3O2/c1-10-4-3-5-12(6-10)15-18-13-7-11(2)8-17-16(13)19(15)9-14(20)21/h3-8H,9H2,1-2H3,(H,20,21). The van der Waals surface area contributed by atoms with Crippen LogP contribution in [0, 0.1) is 13.8 Å². The molecule has 3 aromatic rings. The third-order valence-corrected chi connectivity index (χ3v) is 3.29. The number of carboxylic acid groups (broad SMARTS) is 1. The number of hydrogen-bond acceptors (Lipinski definition) is 3. The molecule has 0 fully saturated rings. The number of aliphatic carboxylic acids is 1. The Morgan fingerprint density at radius 3 is 2.76 bits per heavy atom. The SMILES string of the molecule is Cc1cccc(-c2nc3cc(C)cnc3n2CC(=O)O)c1. The molecule has 106 valence electrons. The zero-order valence-electron chi connectivity index (χ0n) is 11.9. The third kappa shape index (κ3) is 2.50. The summed E-state index contributed by atoms with van der Waals surface area (Å²) < 4.78 is 1.64. The van der Waals surface area contributed by atoms with Gasteiger partial charge in [-0.05, 0) is 31.5 Å². The Morgan fingerprint density at radius 1 is 1.24 bits per heavy atom. The van der Waals surface area contributed by atoms with E-state index in [1.165, 1.54) is 0 Å². The predicted molar refractivity (Wildman–Crippen MR) is 80.1 cm³/mol. The lowest BCUT2D eigenvalue weighted by molar-refractivity contribution is -0.137. The van der Waals surface area contributed by atoms with Crippen molar-refractivity contribution < 1.29 is 9.90 Å². The highest BCUT2D eigenvalue weighted by Crippen LogP contribution is 2.24. The molecule has 0 aliphatic rings. The molecule has 0 atom stereocenters. The lowest BCUT2D eigenvalue weighted by atomic mass is 10.1. The second-order valence-electron chi connectivity index (χ2n) is 5.14. The number of aryl methyl sites for hydroxylation is 2. The predicted octanol–water partition coefficient (Wildman–Crippen LogP) is 2.80. The van der Waals surface area contributed by atoms with E-state index in [-0.39, 0.29) is 6.54 Å². The molecule has 1 N–H and O–H groups in total. The van der Waals surface area contributed by atoms with Gasteiger partial charge in [-0.25, -0.2) is 9.97 Å². The molecule has 0 aliphatic heterocycles. The number of aromatic nitrogens is 3. The highest BCUT2D eigenvalue weighted by atomic mass is 16.4. The van der Waals surface area contributed by atoms with E-state index in [4.69, 9.17) is 5.11 Å². The van der Waals surface area contributed by atoms with Gasteiger partial charge in [0, 0.05) is 11.8 Å². The number of pyridine rings is 1. The van der Waals surface area contributed by atoms with Crippen molar-refractivity contribution in [2.75, 3.05) is 0 Å². The Labute approximate surface area is 121 Å². The fraction of sp³-hybridized carbons (Fsp3) is 0.188. The van der Waals surface area contributed by atoms with Crippen LogP contribution in [-0.2, 0) is 11.3 Å². The van der Waals surface area contributed by atoms with Gasteiger partial charge in [-0.15, -0.1) is 0 Å². The molecule has 3 rings (SSSR count). The van der Waals surface area contributed by atoms with E-state index < -0.39 is 5.97 Å². The van der Waals surface area contributed by atoms with Crippen LogP contribution in [0.4, 0.5) is 0 Å². The third-order valence-electron chi connectivity index (χ3n) is 3.29. The summed E-state index contributed by atoms with van der Waals surface area (Å²) in [5, 5.41) is 9.15. The van der Waals surface area contributed by atoms with E-state index in [9.17, 15) is 4.79 Å². The highest BCUT2D eigenvalue weighted by molar-refractivity contribution is 5.80. The number of hydrogen-bond donors (Lipinski definition) is 1. The lowest BCUT2D eigenvalue weighted by Gasteiger charge is -2.06. The molecule has 2 aromatic heterocycles. The first-order valence-electron chi connectivity index (χ1n) is 6.66. The maximum Gasteiger partial charge on any atom is 0.323 e. The van der Waals surface area contributed by atoms with Crippen LogP contribution in [-0.4, -0.2) is 25.6 Å². The molecular weight excluding hydrogens is 266 g/mol. The molecule has 0 unspecified atom stereocenters. The van der Waals surface area contributed by atoms with Gasteiger partial charge >= 0.3 is 5.97 Å². The average molecular weight is 281 g/mol. The molecule has 0 bridgehead atoms. The summed E-state index contributed by atoms with van der Waals surface area (Å²) in [7, 11) is 0. The minimum absolute atomic E-state index is 0.157. The maximum atomic E-state index is 11.2. The summed E-state index contributed by atoms with van der Waals surface area (Å²) >= 11 is 0. The topological polar surface area (TPSA) is 68.0 Å². The summed E-state index contributed by atoms with van der Waals surface area (Å²) in [6.45, 7) is 3.78. The van der Waals surface area contributed by atoms with Gasteiger partial charge in [0.2, 0.25) is 0 Å². The fourth-order valence-electron chi connectivity index (χ4n) is 2.40. The first kappa shape index (κ1) is 13.3. The van der Waals surface area contributed by atoms with Crippen molar-refractivity contribution in [3.63, 3.8) is 0 Å². The molecule has 1 aromatic carbocycles. The van der Waals surface area contributed by atoms with Crippen molar-refractivity contribution in [2.24, 2.45) is 0 Å². The van der Waals surface area contributed by atoms with Crippen LogP contribution in [0.15, 0.2) is 36.5 Å². The molecule has 0 saturated heterocycles. The van der Waals surface area contributed by atoms with E-state index in [1.807, 2.05) is 44.2 Å². The van der Waals surface area contributed by atoms with E-state index in [2.05, 4.69) is 9.97 Å². The summed E-state index contributed by atoms with van der Waals surface area (Å²) in [6, 6.07) is 9.77. The number of imidazole rings is 1. The zero-order valence-corrected chi connectivity index (χ0v) is 11.9. The van der Waals surface area contributed by atoms with Crippen LogP contribution in [0.5, 0.6) is 0 Å². The Hall–Kier alpha value is -2.69. The summed E-state index contributed by atoms with van der Waals surface area (Å²) in [5.41, 5.74) is 4.31. The van der Waals surface area contributed by atoms with Crippen LogP contribution in [0.1, 0.15) is 11.1 Å². The van der Waals surface area contributed by atoms with Crippen molar-refractivity contribution in [3.05, 3.63) is 47.7 Å². The van der Waals surface area contributed by atoms with Crippen molar-refractivity contribution >= 4 is 17.1 Å². The van der Waals surface area contributed by atoms with Gasteiger partial charge < -0.3 is 5.11 Å². The molecule has 2 heterocycles. The van der Waals surface area contributed by atoms with Crippen LogP contribution in [0.25, 0.3) is 22.6 Å². The maximum absolute atomic E-state index is 11.2. The second kappa shape index (κ2) is 5.01. The Bertz CT molecular complexity index is 837. The Balaban J connectivity index is 2.27. The monoisotopic (exact) mass is 281 g/mol. The molecule has 5 nitrogen and oxygen atoms in total. The number of rotatable bonds is 3. The molecule has 0 amide bonds. The number of fused-ring (bicyclic) bond motifs is 1. The van der Waals surface area contributed by atoms with E-state index >= 15 is 0 Å². The molecule has 0 spiro atoms. The zero-order chi connectivity index (χ0) is 15.0. The number of carboxylic acids is 1. The van der Waals surface area contributed by atoms with E-state index in [0.29, 0.717) is 17.0 Å².